The smallest absolute Gasteiger partial charge is 0.264 e. The van der Waals surface area contributed by atoms with Crippen molar-refractivity contribution < 1.29 is 22.0 Å². The van der Waals surface area contributed by atoms with Gasteiger partial charge in [-0.1, -0.05) is 29.8 Å². The van der Waals surface area contributed by atoms with Crippen molar-refractivity contribution in [3.8, 4) is 0 Å². The van der Waals surface area contributed by atoms with Crippen LogP contribution in [0.25, 0.3) is 0 Å². The zero-order chi connectivity index (χ0) is 23.0. The van der Waals surface area contributed by atoms with E-state index in [-0.39, 0.29) is 10.6 Å². The largest absolute Gasteiger partial charge is 0.468 e. The molecule has 0 aliphatic heterocycles. The van der Waals surface area contributed by atoms with E-state index in [4.69, 9.17) is 4.42 Å². The van der Waals surface area contributed by atoms with Crippen molar-refractivity contribution in [3.05, 3.63) is 84.1 Å². The lowest BCUT2D eigenvalue weighted by atomic mass is 10.2. The standard InChI is InChI=1S/C23H25FN2O4S2/c1-18-9-11-20(12-10-18)32(28,29)26(22-8-3-2-7-21(22)24)16-23(27)25-13-5-15-31-17-19-6-4-14-30-19/h2-4,6-12,14H,5,13,15-17H2,1H3,(H,25,27). The fraction of sp³-hybridized carbons (Fsp3) is 0.261. The quantitative estimate of drug-likeness (QED) is 0.416. The van der Waals surface area contributed by atoms with Gasteiger partial charge < -0.3 is 9.73 Å². The zero-order valence-corrected chi connectivity index (χ0v) is 19.3. The number of hydrogen-bond acceptors (Lipinski definition) is 5. The fourth-order valence-corrected chi connectivity index (χ4v) is 5.23. The summed E-state index contributed by atoms with van der Waals surface area (Å²) in [5, 5.41) is 2.72. The molecule has 3 rings (SSSR count). The van der Waals surface area contributed by atoms with E-state index in [9.17, 15) is 17.6 Å². The minimum absolute atomic E-state index is 0.00604. The number of carbonyl (C=O) groups excluding carboxylic acids is 1. The molecule has 2 aromatic carbocycles. The van der Waals surface area contributed by atoms with E-state index in [2.05, 4.69) is 5.32 Å². The van der Waals surface area contributed by atoms with Gasteiger partial charge in [-0.25, -0.2) is 12.8 Å². The Morgan fingerprint density at radius 1 is 1.09 bits per heavy atom. The molecule has 0 unspecified atom stereocenters. The highest BCUT2D eigenvalue weighted by Crippen LogP contribution is 2.26. The number of thioether (sulfide) groups is 1. The van der Waals surface area contributed by atoms with Gasteiger partial charge in [-0.3, -0.25) is 9.10 Å². The Kier molecular flexibility index (Phi) is 8.35. The minimum Gasteiger partial charge on any atom is -0.468 e. The maximum Gasteiger partial charge on any atom is 0.264 e. The van der Waals surface area contributed by atoms with Crippen molar-refractivity contribution in [2.75, 3.05) is 23.1 Å². The fourth-order valence-electron chi connectivity index (χ4n) is 2.95. The molecule has 0 aliphatic carbocycles. The van der Waals surface area contributed by atoms with E-state index in [0.29, 0.717) is 13.0 Å². The molecule has 1 N–H and O–H groups in total. The highest BCUT2D eigenvalue weighted by atomic mass is 32.2. The summed E-state index contributed by atoms with van der Waals surface area (Å²) in [4.78, 5) is 12.5. The second-order valence-corrected chi connectivity index (χ2v) is 10.1. The van der Waals surface area contributed by atoms with Crippen LogP contribution in [0.15, 0.2) is 76.2 Å². The molecule has 0 saturated heterocycles. The van der Waals surface area contributed by atoms with Gasteiger partial charge in [-0.2, -0.15) is 11.8 Å². The average molecular weight is 477 g/mol. The number of hydrogen-bond donors (Lipinski definition) is 1. The van der Waals surface area contributed by atoms with Crippen molar-refractivity contribution in [1.82, 2.24) is 5.32 Å². The SMILES string of the molecule is Cc1ccc(S(=O)(=O)N(CC(=O)NCCCSCc2ccco2)c2ccccc2F)cc1. The molecule has 0 fully saturated rings. The number of nitrogens with one attached hydrogen (secondary N) is 1. The lowest BCUT2D eigenvalue weighted by molar-refractivity contribution is -0.119. The number of amides is 1. The maximum atomic E-state index is 14.5. The first-order valence-corrected chi connectivity index (χ1v) is 12.7. The predicted molar refractivity (Wildman–Crippen MR) is 125 cm³/mol. The number of sulfonamides is 1. The van der Waals surface area contributed by atoms with Crippen LogP contribution in [0.5, 0.6) is 0 Å². The molecule has 1 amide bonds. The molecule has 0 spiro atoms. The summed E-state index contributed by atoms with van der Waals surface area (Å²) in [7, 11) is -4.13. The highest BCUT2D eigenvalue weighted by molar-refractivity contribution is 7.98. The van der Waals surface area contributed by atoms with Crippen LogP contribution >= 0.6 is 11.8 Å². The molecule has 0 atom stereocenters. The second-order valence-electron chi connectivity index (χ2n) is 7.11. The molecule has 0 radical (unpaired) electrons. The van der Waals surface area contributed by atoms with Crippen LogP contribution in [0.1, 0.15) is 17.7 Å². The normalized spacial score (nSPS) is 11.3. The van der Waals surface area contributed by atoms with Gasteiger partial charge in [0, 0.05) is 6.54 Å². The van der Waals surface area contributed by atoms with Gasteiger partial charge in [0.15, 0.2) is 0 Å². The summed E-state index contributed by atoms with van der Waals surface area (Å²) in [6, 6.07) is 15.5. The number of anilines is 1. The Bertz CT molecular complexity index is 1120. The molecule has 0 saturated carbocycles. The van der Waals surface area contributed by atoms with Crippen LogP contribution in [0.3, 0.4) is 0 Å². The molecule has 170 valence electrons. The molecule has 1 aromatic heterocycles. The predicted octanol–water partition coefficient (Wildman–Crippen LogP) is 4.36. The first-order chi connectivity index (χ1) is 15.4. The van der Waals surface area contributed by atoms with Gasteiger partial charge in [0.2, 0.25) is 5.91 Å². The molecular weight excluding hydrogens is 451 g/mol. The van der Waals surface area contributed by atoms with E-state index < -0.39 is 28.3 Å². The zero-order valence-electron chi connectivity index (χ0n) is 17.7. The number of furan rings is 1. The molecule has 3 aromatic rings. The number of nitrogens with zero attached hydrogens (tertiary/aromatic N) is 1. The van der Waals surface area contributed by atoms with Crippen LogP contribution in [0, 0.1) is 12.7 Å². The van der Waals surface area contributed by atoms with E-state index in [0.717, 1.165) is 27.1 Å². The van der Waals surface area contributed by atoms with Gasteiger partial charge in [0.25, 0.3) is 10.0 Å². The van der Waals surface area contributed by atoms with Gasteiger partial charge in [0.1, 0.15) is 18.1 Å². The van der Waals surface area contributed by atoms with E-state index in [1.54, 1.807) is 30.2 Å². The van der Waals surface area contributed by atoms with Gasteiger partial charge in [-0.15, -0.1) is 0 Å². The Hall–Kier alpha value is -2.78. The Morgan fingerprint density at radius 3 is 2.53 bits per heavy atom. The van der Waals surface area contributed by atoms with Crippen LogP contribution < -0.4 is 9.62 Å². The van der Waals surface area contributed by atoms with E-state index in [1.807, 2.05) is 19.1 Å². The number of benzene rings is 2. The number of halogens is 1. The van der Waals surface area contributed by atoms with Gasteiger partial charge >= 0.3 is 0 Å². The molecular formula is C23H25FN2O4S2. The third-order valence-corrected chi connectivity index (χ3v) is 7.47. The summed E-state index contributed by atoms with van der Waals surface area (Å²) in [6.45, 7) is 1.71. The summed E-state index contributed by atoms with van der Waals surface area (Å²) in [6.07, 6.45) is 2.34. The summed E-state index contributed by atoms with van der Waals surface area (Å²) in [5.41, 5.74) is 0.723. The third-order valence-electron chi connectivity index (χ3n) is 4.63. The molecule has 1 heterocycles. The highest BCUT2D eigenvalue weighted by Gasteiger charge is 2.29. The lowest BCUT2D eigenvalue weighted by Crippen LogP contribution is -2.41. The topological polar surface area (TPSA) is 79.6 Å². The van der Waals surface area contributed by atoms with Gasteiger partial charge in [-0.05, 0) is 55.5 Å². The minimum atomic E-state index is -4.13. The number of aryl methyl sites for hydroxylation is 1. The van der Waals surface area contributed by atoms with Crippen molar-refractivity contribution in [1.29, 1.82) is 0 Å². The maximum absolute atomic E-state index is 14.5. The first kappa shape index (κ1) is 23.9. The van der Waals surface area contributed by atoms with Crippen molar-refractivity contribution in [3.63, 3.8) is 0 Å². The van der Waals surface area contributed by atoms with Gasteiger partial charge in [0.05, 0.1) is 22.6 Å². The molecule has 0 aliphatic rings. The average Bonchev–Trinajstić information content (AvgIpc) is 3.29. The molecule has 9 heteroatoms. The molecule has 0 bridgehead atoms. The van der Waals surface area contributed by atoms with E-state index >= 15 is 0 Å². The van der Waals surface area contributed by atoms with Crippen LogP contribution in [0.4, 0.5) is 10.1 Å². The number of rotatable bonds is 11. The first-order valence-electron chi connectivity index (χ1n) is 10.1. The lowest BCUT2D eigenvalue weighted by Gasteiger charge is -2.24. The van der Waals surface area contributed by atoms with Crippen molar-refractivity contribution in [2.45, 2.75) is 24.0 Å². The second kappa shape index (κ2) is 11.2. The Labute approximate surface area is 191 Å². The molecule has 32 heavy (non-hydrogen) atoms. The summed E-state index contributed by atoms with van der Waals surface area (Å²) >= 11 is 1.68. The monoisotopic (exact) mass is 476 g/mol. The Balaban J connectivity index is 1.63. The van der Waals surface area contributed by atoms with Crippen LogP contribution in [-0.4, -0.2) is 33.2 Å². The summed E-state index contributed by atoms with van der Waals surface area (Å²) < 4.78 is 47.0. The number of carbonyl (C=O) groups is 1. The van der Waals surface area contributed by atoms with Crippen molar-refractivity contribution >= 4 is 33.4 Å². The van der Waals surface area contributed by atoms with Crippen LogP contribution in [-0.2, 0) is 20.6 Å². The molecule has 6 nitrogen and oxygen atoms in total. The number of para-hydroxylation sites is 1. The third kappa shape index (κ3) is 6.37. The van der Waals surface area contributed by atoms with Crippen molar-refractivity contribution in [2.24, 2.45) is 0 Å². The van der Waals surface area contributed by atoms with E-state index in [1.165, 1.54) is 36.4 Å². The Morgan fingerprint density at radius 2 is 1.84 bits per heavy atom. The summed E-state index contributed by atoms with van der Waals surface area (Å²) in [5.74, 6) is 1.22. The van der Waals surface area contributed by atoms with Crippen LogP contribution in [0.2, 0.25) is 0 Å².